The van der Waals surface area contributed by atoms with Gasteiger partial charge in [0.15, 0.2) is 5.76 Å². The van der Waals surface area contributed by atoms with Crippen molar-refractivity contribution in [1.82, 2.24) is 10.2 Å². The van der Waals surface area contributed by atoms with Crippen molar-refractivity contribution in [2.75, 3.05) is 19.7 Å². The largest absolute Gasteiger partial charge is 0.459 e. The van der Waals surface area contributed by atoms with Gasteiger partial charge in [0.05, 0.1) is 18.9 Å². The molecule has 2 rings (SSSR count). The van der Waals surface area contributed by atoms with Gasteiger partial charge in [-0.15, -0.1) is 0 Å². The van der Waals surface area contributed by atoms with Crippen molar-refractivity contribution < 1.29 is 19.1 Å². The van der Waals surface area contributed by atoms with E-state index in [2.05, 4.69) is 12.2 Å². The van der Waals surface area contributed by atoms with Crippen LogP contribution < -0.4 is 5.32 Å². The predicted molar refractivity (Wildman–Crippen MR) is 76.6 cm³/mol. The number of carbonyl (C=O) groups excluding carboxylic acids is 2. The highest BCUT2D eigenvalue weighted by Gasteiger charge is 2.30. The van der Waals surface area contributed by atoms with Crippen molar-refractivity contribution in [1.29, 1.82) is 0 Å². The first kappa shape index (κ1) is 15.6. The lowest BCUT2D eigenvalue weighted by atomic mass is 9.91. The molecule has 1 aromatic rings. The number of aliphatic hydroxyl groups is 1. The zero-order valence-corrected chi connectivity index (χ0v) is 12.2. The van der Waals surface area contributed by atoms with Gasteiger partial charge in [-0.1, -0.05) is 6.92 Å². The van der Waals surface area contributed by atoms with E-state index in [9.17, 15) is 14.7 Å². The van der Waals surface area contributed by atoms with Gasteiger partial charge in [-0.2, -0.15) is 0 Å². The molecule has 116 valence electrons. The lowest BCUT2D eigenvalue weighted by molar-refractivity contribution is -0.137. The van der Waals surface area contributed by atoms with E-state index in [0.717, 1.165) is 12.8 Å². The topological polar surface area (TPSA) is 82.8 Å². The maximum Gasteiger partial charge on any atom is 0.286 e. The number of nitrogens with one attached hydrogen (secondary N) is 1. The molecule has 6 heteroatoms. The van der Waals surface area contributed by atoms with E-state index in [4.69, 9.17) is 4.42 Å². The van der Waals surface area contributed by atoms with Gasteiger partial charge in [0.1, 0.15) is 0 Å². The van der Waals surface area contributed by atoms with Crippen LogP contribution in [0.15, 0.2) is 22.8 Å². The Morgan fingerprint density at radius 3 is 3.00 bits per heavy atom. The molecule has 1 aliphatic heterocycles. The Bertz CT molecular complexity index is 472. The van der Waals surface area contributed by atoms with E-state index in [-0.39, 0.29) is 43.2 Å². The van der Waals surface area contributed by atoms with Crippen LogP contribution in [0.5, 0.6) is 0 Å². The van der Waals surface area contributed by atoms with Gasteiger partial charge in [-0.05, 0) is 30.9 Å². The monoisotopic (exact) mass is 294 g/mol. The summed E-state index contributed by atoms with van der Waals surface area (Å²) >= 11 is 0. The smallest absolute Gasteiger partial charge is 0.286 e. The Hall–Kier alpha value is -1.82. The molecule has 1 aromatic heterocycles. The van der Waals surface area contributed by atoms with Crippen molar-refractivity contribution in [3.05, 3.63) is 24.2 Å². The Balaban J connectivity index is 1.80. The van der Waals surface area contributed by atoms with Gasteiger partial charge < -0.3 is 19.7 Å². The molecule has 2 N–H and O–H groups in total. The van der Waals surface area contributed by atoms with Gasteiger partial charge in [0.2, 0.25) is 5.91 Å². The molecule has 6 nitrogen and oxygen atoms in total. The quantitative estimate of drug-likeness (QED) is 0.849. The molecule has 2 atom stereocenters. The van der Waals surface area contributed by atoms with Crippen LogP contribution in [0.4, 0.5) is 0 Å². The van der Waals surface area contributed by atoms with Crippen LogP contribution >= 0.6 is 0 Å². The molecule has 1 fully saturated rings. The summed E-state index contributed by atoms with van der Waals surface area (Å²) in [7, 11) is 0. The molecule has 1 saturated heterocycles. The van der Waals surface area contributed by atoms with Crippen molar-refractivity contribution in [3.63, 3.8) is 0 Å². The molecular weight excluding hydrogens is 272 g/mol. The molecule has 21 heavy (non-hydrogen) atoms. The van der Waals surface area contributed by atoms with Crippen LogP contribution in [0.25, 0.3) is 0 Å². The summed E-state index contributed by atoms with van der Waals surface area (Å²) in [6.45, 7) is 2.99. The zero-order valence-electron chi connectivity index (χ0n) is 12.2. The van der Waals surface area contributed by atoms with E-state index >= 15 is 0 Å². The van der Waals surface area contributed by atoms with Crippen LogP contribution in [-0.4, -0.2) is 47.6 Å². The number of likely N-dealkylation sites (tertiary alicyclic amines) is 1. The van der Waals surface area contributed by atoms with E-state index in [0.29, 0.717) is 12.5 Å². The summed E-state index contributed by atoms with van der Waals surface area (Å²) in [5.74, 6) is 0.201. The molecule has 0 aliphatic carbocycles. The van der Waals surface area contributed by atoms with Crippen LogP contribution in [-0.2, 0) is 4.79 Å². The summed E-state index contributed by atoms with van der Waals surface area (Å²) in [5.41, 5.74) is 0. The van der Waals surface area contributed by atoms with Crippen molar-refractivity contribution in [3.8, 4) is 0 Å². The number of nitrogens with zero attached hydrogens (tertiary/aromatic N) is 1. The number of amides is 2. The summed E-state index contributed by atoms with van der Waals surface area (Å²) in [6.07, 6.45) is 3.66. The fourth-order valence-electron chi connectivity index (χ4n) is 2.76. The Kier molecular flexibility index (Phi) is 5.38. The molecule has 0 bridgehead atoms. The first-order valence-electron chi connectivity index (χ1n) is 7.35. The Labute approximate surface area is 124 Å². The van der Waals surface area contributed by atoms with Gasteiger partial charge in [0.25, 0.3) is 5.91 Å². The van der Waals surface area contributed by atoms with Gasteiger partial charge in [-0.3, -0.25) is 9.59 Å². The van der Waals surface area contributed by atoms with Crippen molar-refractivity contribution in [2.24, 2.45) is 5.92 Å². The second-order valence-corrected chi connectivity index (χ2v) is 5.44. The third kappa shape index (κ3) is 3.85. The molecule has 2 heterocycles. The normalized spacial score (nSPS) is 22.1. The highest BCUT2D eigenvalue weighted by molar-refractivity contribution is 5.91. The average Bonchev–Trinajstić information content (AvgIpc) is 3.01. The Morgan fingerprint density at radius 1 is 1.52 bits per heavy atom. The number of rotatable bonds is 5. The summed E-state index contributed by atoms with van der Waals surface area (Å²) < 4.78 is 4.98. The van der Waals surface area contributed by atoms with E-state index in [1.165, 1.54) is 6.26 Å². The van der Waals surface area contributed by atoms with Gasteiger partial charge in [-0.25, -0.2) is 0 Å². The molecule has 0 radical (unpaired) electrons. The van der Waals surface area contributed by atoms with Gasteiger partial charge in [0, 0.05) is 19.5 Å². The fourth-order valence-corrected chi connectivity index (χ4v) is 2.76. The minimum atomic E-state index is -0.321. The first-order valence-corrected chi connectivity index (χ1v) is 7.35. The molecule has 0 spiro atoms. The molecular formula is C15H22N2O4. The van der Waals surface area contributed by atoms with E-state index in [1.807, 2.05) is 0 Å². The molecule has 1 aliphatic rings. The maximum atomic E-state index is 12.2. The third-order valence-corrected chi connectivity index (χ3v) is 3.99. The first-order chi connectivity index (χ1) is 10.1. The number of hydrogen-bond acceptors (Lipinski definition) is 4. The minimum Gasteiger partial charge on any atom is -0.459 e. The maximum absolute atomic E-state index is 12.2. The minimum absolute atomic E-state index is 0.00827. The van der Waals surface area contributed by atoms with Crippen LogP contribution in [0.3, 0.4) is 0 Å². The fraction of sp³-hybridized carbons (Fsp3) is 0.600. The SMILES string of the molecule is CC1CCCN(C(=O)CCNC(=O)c2ccco2)C1CO. The summed E-state index contributed by atoms with van der Waals surface area (Å²) in [4.78, 5) is 25.6. The summed E-state index contributed by atoms with van der Waals surface area (Å²) in [5, 5.41) is 12.1. The van der Waals surface area contributed by atoms with Crippen LogP contribution in [0.2, 0.25) is 0 Å². The van der Waals surface area contributed by atoms with Crippen LogP contribution in [0, 0.1) is 5.92 Å². The van der Waals surface area contributed by atoms with Gasteiger partial charge >= 0.3 is 0 Å². The lowest BCUT2D eigenvalue weighted by Crippen LogP contribution is -2.50. The number of aliphatic hydroxyl groups excluding tert-OH is 1. The third-order valence-electron chi connectivity index (χ3n) is 3.99. The van der Waals surface area contributed by atoms with Crippen molar-refractivity contribution >= 4 is 11.8 Å². The number of piperidine rings is 1. The Morgan fingerprint density at radius 2 is 2.33 bits per heavy atom. The summed E-state index contributed by atoms with van der Waals surface area (Å²) in [6, 6.07) is 3.11. The highest BCUT2D eigenvalue weighted by Crippen LogP contribution is 2.23. The van der Waals surface area contributed by atoms with E-state index in [1.54, 1.807) is 17.0 Å². The highest BCUT2D eigenvalue weighted by atomic mass is 16.3. The standard InChI is InChI=1S/C15H22N2O4/c1-11-4-2-8-17(12(11)10-18)14(19)6-7-16-15(20)13-5-3-9-21-13/h3,5,9,11-12,18H,2,4,6-8,10H2,1H3,(H,16,20). The molecule has 2 unspecified atom stereocenters. The molecule has 0 aromatic carbocycles. The average molecular weight is 294 g/mol. The lowest BCUT2D eigenvalue weighted by Gasteiger charge is -2.39. The van der Waals surface area contributed by atoms with Crippen LogP contribution in [0.1, 0.15) is 36.7 Å². The number of hydrogen-bond donors (Lipinski definition) is 2. The number of furan rings is 1. The van der Waals surface area contributed by atoms with E-state index < -0.39 is 0 Å². The second-order valence-electron chi connectivity index (χ2n) is 5.44. The number of carbonyl (C=O) groups is 2. The zero-order chi connectivity index (χ0) is 15.2. The second kappa shape index (κ2) is 7.26. The predicted octanol–water partition coefficient (Wildman–Crippen LogP) is 1.02. The molecule has 2 amide bonds. The molecule has 0 saturated carbocycles. The van der Waals surface area contributed by atoms with Crippen molar-refractivity contribution in [2.45, 2.75) is 32.2 Å².